The Labute approximate surface area is 220 Å². The molecule has 0 aliphatic carbocycles. The van der Waals surface area contributed by atoms with Crippen molar-refractivity contribution in [3.05, 3.63) is 125 Å². The third-order valence-corrected chi connectivity index (χ3v) is 5.78. The minimum atomic E-state index is -1.02. The van der Waals surface area contributed by atoms with Crippen LogP contribution in [0.5, 0.6) is 11.5 Å². The average molecular weight is 507 g/mol. The molecule has 7 heteroatoms. The number of hydrogen-bond acceptors (Lipinski definition) is 6. The molecule has 38 heavy (non-hydrogen) atoms. The molecule has 0 bridgehead atoms. The number of ether oxygens (including phenoxy) is 2. The molecule has 0 saturated heterocycles. The Balaban J connectivity index is 1.35. The van der Waals surface area contributed by atoms with Crippen LogP contribution in [0.1, 0.15) is 27.0 Å². The highest BCUT2D eigenvalue weighted by Gasteiger charge is 2.21. The van der Waals surface area contributed by atoms with Crippen LogP contribution in [0.2, 0.25) is 0 Å². The van der Waals surface area contributed by atoms with Gasteiger partial charge in [0.25, 0.3) is 0 Å². The summed E-state index contributed by atoms with van der Waals surface area (Å²) in [6.07, 6.45) is 0.210. The maximum Gasteiger partial charge on any atom is 0.326 e. The summed E-state index contributed by atoms with van der Waals surface area (Å²) in [6, 6.07) is 31.0. The average Bonchev–Trinajstić information content (AvgIpc) is 2.96. The van der Waals surface area contributed by atoms with Gasteiger partial charge in [-0.15, -0.1) is 0 Å². The second-order valence-corrected chi connectivity index (χ2v) is 8.46. The van der Waals surface area contributed by atoms with Gasteiger partial charge in [-0.25, -0.2) is 4.79 Å². The van der Waals surface area contributed by atoms with Crippen LogP contribution >= 0.6 is 0 Å². The summed E-state index contributed by atoms with van der Waals surface area (Å²) in [6.45, 7) is 0.615. The molecule has 190 valence electrons. The minimum Gasteiger partial charge on any atom is -0.490 e. The first-order valence-corrected chi connectivity index (χ1v) is 12.1. The first kappa shape index (κ1) is 26.0. The molecule has 0 amide bonds. The number of carboxylic acid groups (broad SMARTS) is 1. The van der Waals surface area contributed by atoms with E-state index in [2.05, 4.69) is 11.4 Å². The zero-order valence-electron chi connectivity index (χ0n) is 20.5. The van der Waals surface area contributed by atoms with Crippen LogP contribution in [0.3, 0.4) is 0 Å². The lowest BCUT2D eigenvalue weighted by Crippen LogP contribution is -2.32. The van der Waals surface area contributed by atoms with Gasteiger partial charge in [-0.2, -0.15) is 5.26 Å². The Morgan fingerprint density at radius 1 is 0.816 bits per heavy atom. The van der Waals surface area contributed by atoms with Crippen LogP contribution in [0, 0.1) is 11.3 Å². The Morgan fingerprint density at radius 3 is 2.21 bits per heavy atom. The van der Waals surface area contributed by atoms with Crippen molar-refractivity contribution in [2.24, 2.45) is 0 Å². The molecule has 0 saturated carbocycles. The molecule has 0 spiro atoms. The fraction of sp³-hybridized carbons (Fsp3) is 0.129. The number of benzene rings is 4. The van der Waals surface area contributed by atoms with Crippen LogP contribution in [0.4, 0.5) is 5.69 Å². The number of nitriles is 1. The SMILES string of the molecule is N#Cc1cccc(OCCOc2ccc(CC(Nc3ccccc3C(=O)c3ccccc3)C(=O)O)cc2)c1. The maximum atomic E-state index is 13.0. The predicted molar refractivity (Wildman–Crippen MR) is 144 cm³/mol. The number of nitrogens with zero attached hydrogens (tertiary/aromatic N) is 1. The number of ketones is 1. The Bertz CT molecular complexity index is 1430. The molecule has 0 radical (unpaired) electrons. The molecule has 0 aromatic heterocycles. The van der Waals surface area contributed by atoms with E-state index in [0.29, 0.717) is 47.1 Å². The van der Waals surface area contributed by atoms with Crippen molar-refractivity contribution in [2.75, 3.05) is 18.5 Å². The normalized spacial score (nSPS) is 11.1. The summed E-state index contributed by atoms with van der Waals surface area (Å²) in [4.78, 5) is 25.1. The highest BCUT2D eigenvalue weighted by Crippen LogP contribution is 2.22. The van der Waals surface area contributed by atoms with Crippen molar-refractivity contribution in [3.8, 4) is 17.6 Å². The lowest BCUT2D eigenvalue weighted by molar-refractivity contribution is -0.137. The summed E-state index contributed by atoms with van der Waals surface area (Å²) >= 11 is 0. The van der Waals surface area contributed by atoms with Gasteiger partial charge in [0.15, 0.2) is 5.78 Å². The second kappa shape index (κ2) is 12.7. The van der Waals surface area contributed by atoms with Gasteiger partial charge in [0, 0.05) is 23.2 Å². The molecule has 1 atom stereocenters. The van der Waals surface area contributed by atoms with Crippen LogP contribution in [-0.4, -0.2) is 36.1 Å². The number of aliphatic carboxylic acids is 1. The summed E-state index contributed by atoms with van der Waals surface area (Å²) in [5.41, 5.74) is 2.74. The van der Waals surface area contributed by atoms with E-state index >= 15 is 0 Å². The molecule has 4 aromatic carbocycles. The van der Waals surface area contributed by atoms with E-state index in [0.717, 1.165) is 5.56 Å². The van der Waals surface area contributed by atoms with Gasteiger partial charge in [-0.05, 0) is 48.0 Å². The fourth-order valence-electron chi connectivity index (χ4n) is 3.87. The van der Waals surface area contributed by atoms with Crippen molar-refractivity contribution < 1.29 is 24.2 Å². The number of hydrogen-bond donors (Lipinski definition) is 2. The minimum absolute atomic E-state index is 0.180. The van der Waals surface area contributed by atoms with E-state index in [1.807, 2.05) is 18.2 Å². The van der Waals surface area contributed by atoms with Crippen LogP contribution < -0.4 is 14.8 Å². The molecule has 7 nitrogen and oxygen atoms in total. The van der Waals surface area contributed by atoms with Gasteiger partial charge < -0.3 is 19.9 Å². The molecule has 4 aromatic rings. The summed E-state index contributed by atoms with van der Waals surface area (Å²) in [7, 11) is 0. The molecule has 0 heterocycles. The summed E-state index contributed by atoms with van der Waals surface area (Å²) in [5.74, 6) is 0.0232. The molecular weight excluding hydrogens is 480 g/mol. The molecular formula is C31H26N2O5. The van der Waals surface area contributed by atoms with E-state index < -0.39 is 12.0 Å². The topological polar surface area (TPSA) is 109 Å². The van der Waals surface area contributed by atoms with Crippen molar-refractivity contribution >= 4 is 17.4 Å². The zero-order chi connectivity index (χ0) is 26.7. The second-order valence-electron chi connectivity index (χ2n) is 8.46. The summed E-state index contributed by atoms with van der Waals surface area (Å²) < 4.78 is 11.3. The van der Waals surface area contributed by atoms with Gasteiger partial charge in [0.1, 0.15) is 30.8 Å². The number of nitrogens with one attached hydrogen (secondary N) is 1. The number of anilines is 1. The number of carboxylic acids is 1. The smallest absolute Gasteiger partial charge is 0.326 e. The monoisotopic (exact) mass is 506 g/mol. The van der Waals surface area contributed by atoms with Gasteiger partial charge >= 0.3 is 5.97 Å². The Morgan fingerprint density at radius 2 is 1.50 bits per heavy atom. The fourth-order valence-corrected chi connectivity index (χ4v) is 3.87. The van der Waals surface area contributed by atoms with Gasteiger partial charge in [0.2, 0.25) is 0 Å². The van der Waals surface area contributed by atoms with E-state index in [-0.39, 0.29) is 12.2 Å². The van der Waals surface area contributed by atoms with E-state index in [1.165, 1.54) is 0 Å². The highest BCUT2D eigenvalue weighted by atomic mass is 16.5. The lowest BCUT2D eigenvalue weighted by Gasteiger charge is -2.18. The standard InChI is InChI=1S/C31H26N2O5/c32-21-23-7-6-10-26(19-23)38-18-17-37-25-15-13-22(14-16-25)20-29(31(35)36)33-28-12-5-4-11-27(28)30(34)24-8-2-1-3-9-24/h1-16,19,29,33H,17-18,20H2,(H,35,36). The number of para-hydroxylation sites is 1. The van der Waals surface area contributed by atoms with Crippen molar-refractivity contribution in [1.29, 1.82) is 5.26 Å². The quantitative estimate of drug-likeness (QED) is 0.197. The van der Waals surface area contributed by atoms with Gasteiger partial charge in [0.05, 0.1) is 11.6 Å². The van der Waals surface area contributed by atoms with E-state index in [9.17, 15) is 14.7 Å². The van der Waals surface area contributed by atoms with E-state index in [1.54, 1.807) is 84.9 Å². The molecule has 2 N–H and O–H groups in total. The number of carbonyl (C=O) groups is 2. The molecule has 1 unspecified atom stereocenters. The first-order valence-electron chi connectivity index (χ1n) is 12.1. The third kappa shape index (κ3) is 6.99. The van der Waals surface area contributed by atoms with Crippen molar-refractivity contribution in [3.63, 3.8) is 0 Å². The Hall–Kier alpha value is -5.09. The van der Waals surface area contributed by atoms with Gasteiger partial charge in [-0.1, -0.05) is 60.7 Å². The number of rotatable bonds is 12. The van der Waals surface area contributed by atoms with E-state index in [4.69, 9.17) is 14.7 Å². The molecule has 0 fully saturated rings. The van der Waals surface area contributed by atoms with Crippen LogP contribution in [-0.2, 0) is 11.2 Å². The largest absolute Gasteiger partial charge is 0.490 e. The molecule has 0 aliphatic heterocycles. The molecule has 0 aliphatic rings. The molecule has 4 rings (SSSR count). The number of carbonyl (C=O) groups excluding carboxylic acids is 1. The Kier molecular flexibility index (Phi) is 8.72. The lowest BCUT2D eigenvalue weighted by atomic mass is 10.00. The maximum absolute atomic E-state index is 13.0. The van der Waals surface area contributed by atoms with Crippen molar-refractivity contribution in [1.82, 2.24) is 0 Å². The third-order valence-electron chi connectivity index (χ3n) is 5.78. The zero-order valence-corrected chi connectivity index (χ0v) is 20.5. The van der Waals surface area contributed by atoms with Crippen LogP contribution in [0.25, 0.3) is 0 Å². The predicted octanol–water partition coefficient (Wildman–Crippen LogP) is 5.35. The highest BCUT2D eigenvalue weighted by molar-refractivity contribution is 6.12. The van der Waals surface area contributed by atoms with Crippen LogP contribution in [0.15, 0.2) is 103 Å². The summed E-state index contributed by atoms with van der Waals surface area (Å²) in [5, 5.41) is 21.9. The van der Waals surface area contributed by atoms with Crippen molar-refractivity contribution in [2.45, 2.75) is 12.5 Å². The van der Waals surface area contributed by atoms with Gasteiger partial charge in [-0.3, -0.25) is 4.79 Å². The first-order chi connectivity index (χ1) is 18.5.